The number of carboxylic acid groups (broad SMARTS) is 1. The molecule has 1 aromatic rings. The smallest absolute Gasteiger partial charge is 0.321 e. The Morgan fingerprint density at radius 3 is 2.61 bits per heavy atom. The minimum absolute atomic E-state index is 0.0386. The minimum Gasteiger partial charge on any atom is -0.506 e. The number of phenolic OH excluding ortho intramolecular Hbond substituents is 1. The van der Waals surface area contributed by atoms with Crippen LogP contribution in [-0.4, -0.2) is 34.7 Å². The Hall–Kier alpha value is -2.08. The highest BCUT2D eigenvalue weighted by atomic mass is 16.4. The average molecular weight is 322 g/mol. The molecule has 128 valence electrons. The van der Waals surface area contributed by atoms with Gasteiger partial charge in [-0.2, -0.15) is 0 Å². The lowest BCUT2D eigenvalue weighted by Crippen LogP contribution is -2.40. The van der Waals surface area contributed by atoms with Crippen molar-refractivity contribution in [3.05, 3.63) is 23.8 Å². The van der Waals surface area contributed by atoms with Crippen molar-refractivity contribution in [3.8, 4) is 5.75 Å². The zero-order valence-corrected chi connectivity index (χ0v) is 13.8. The molecule has 0 aliphatic carbocycles. The number of aliphatic carboxylic acids is 1. The summed E-state index contributed by atoms with van der Waals surface area (Å²) in [5.74, 6) is -1.54. The van der Waals surface area contributed by atoms with Crippen LogP contribution in [0.3, 0.4) is 0 Å². The second-order valence-corrected chi connectivity index (χ2v) is 5.68. The molecule has 0 bridgehead atoms. The predicted molar refractivity (Wildman–Crippen MR) is 89.7 cm³/mol. The van der Waals surface area contributed by atoms with Gasteiger partial charge < -0.3 is 20.8 Å². The summed E-state index contributed by atoms with van der Waals surface area (Å²) in [6.45, 7) is 4.52. The number of carboxylic acids is 1. The molecule has 0 unspecified atom stereocenters. The van der Waals surface area contributed by atoms with Gasteiger partial charge >= 0.3 is 5.97 Å². The van der Waals surface area contributed by atoms with Gasteiger partial charge in [0, 0.05) is 0 Å². The van der Waals surface area contributed by atoms with E-state index in [1.54, 1.807) is 12.1 Å². The van der Waals surface area contributed by atoms with E-state index in [0.717, 1.165) is 31.2 Å². The fourth-order valence-corrected chi connectivity index (χ4v) is 2.21. The lowest BCUT2D eigenvalue weighted by molar-refractivity contribution is -0.141. The Kier molecular flexibility index (Phi) is 8.11. The Bertz CT molecular complexity index is 531. The van der Waals surface area contributed by atoms with E-state index < -0.39 is 17.9 Å². The molecule has 4 N–H and O–H groups in total. The molecule has 0 heterocycles. The second kappa shape index (κ2) is 9.84. The summed E-state index contributed by atoms with van der Waals surface area (Å²) in [4.78, 5) is 23.2. The summed E-state index contributed by atoms with van der Waals surface area (Å²) >= 11 is 0. The number of phenols is 1. The number of hydrogen-bond acceptors (Lipinski definition) is 4. The van der Waals surface area contributed by atoms with Gasteiger partial charge in [-0.3, -0.25) is 9.59 Å². The molecule has 1 aromatic carbocycles. The van der Waals surface area contributed by atoms with E-state index in [0.29, 0.717) is 12.2 Å². The normalized spacial score (nSPS) is 11.9. The van der Waals surface area contributed by atoms with Crippen molar-refractivity contribution < 1.29 is 19.8 Å². The van der Waals surface area contributed by atoms with Gasteiger partial charge in [0.05, 0.1) is 12.1 Å². The van der Waals surface area contributed by atoms with Crippen molar-refractivity contribution in [1.29, 1.82) is 0 Å². The summed E-state index contributed by atoms with van der Waals surface area (Å²) in [6.07, 6.45) is 3.98. The van der Waals surface area contributed by atoms with Crippen molar-refractivity contribution >= 4 is 17.6 Å². The number of aryl methyl sites for hydroxylation is 1. The number of benzene rings is 1. The van der Waals surface area contributed by atoms with Crippen molar-refractivity contribution in [2.75, 3.05) is 11.9 Å². The zero-order valence-electron chi connectivity index (χ0n) is 13.8. The molecule has 6 heteroatoms. The van der Waals surface area contributed by atoms with Gasteiger partial charge in [0.15, 0.2) is 0 Å². The molecular weight excluding hydrogens is 296 g/mol. The van der Waals surface area contributed by atoms with Gasteiger partial charge in [-0.15, -0.1) is 0 Å². The average Bonchev–Trinajstić information content (AvgIpc) is 2.49. The van der Waals surface area contributed by atoms with Crippen LogP contribution in [0.1, 0.15) is 44.6 Å². The summed E-state index contributed by atoms with van der Waals surface area (Å²) in [6, 6.07) is 3.93. The van der Waals surface area contributed by atoms with E-state index in [2.05, 4.69) is 17.6 Å². The van der Waals surface area contributed by atoms with Crippen LogP contribution in [0.2, 0.25) is 0 Å². The number of carbonyl (C=O) groups is 2. The molecule has 23 heavy (non-hydrogen) atoms. The van der Waals surface area contributed by atoms with Gasteiger partial charge in [0.1, 0.15) is 11.8 Å². The van der Waals surface area contributed by atoms with Gasteiger partial charge in [0.2, 0.25) is 5.91 Å². The molecule has 0 aliphatic heterocycles. The summed E-state index contributed by atoms with van der Waals surface area (Å²) in [5, 5.41) is 24.4. The third-order valence-electron chi connectivity index (χ3n) is 3.53. The first-order chi connectivity index (χ1) is 10.9. The molecule has 1 amide bonds. The molecular formula is C17H26N2O4. The van der Waals surface area contributed by atoms with Crippen LogP contribution in [0.4, 0.5) is 5.69 Å². The van der Waals surface area contributed by atoms with Crippen LogP contribution in [0.5, 0.6) is 5.75 Å². The maximum atomic E-state index is 12.0. The largest absolute Gasteiger partial charge is 0.506 e. The predicted octanol–water partition coefficient (Wildman–Crippen LogP) is 2.65. The Morgan fingerprint density at radius 1 is 1.22 bits per heavy atom. The third-order valence-corrected chi connectivity index (χ3v) is 3.53. The molecule has 0 radical (unpaired) electrons. The van der Waals surface area contributed by atoms with Crippen LogP contribution in [0.15, 0.2) is 18.2 Å². The van der Waals surface area contributed by atoms with Gasteiger partial charge in [-0.05, 0) is 37.6 Å². The molecule has 6 nitrogen and oxygen atoms in total. The number of rotatable bonds is 10. The molecule has 0 saturated carbocycles. The Morgan fingerprint density at radius 2 is 1.96 bits per heavy atom. The number of anilines is 1. The van der Waals surface area contributed by atoms with Crippen LogP contribution < -0.4 is 10.6 Å². The van der Waals surface area contributed by atoms with Crippen LogP contribution >= 0.6 is 0 Å². The number of unbranched alkanes of at least 4 members (excludes halogenated alkanes) is 3. The van der Waals surface area contributed by atoms with Crippen LogP contribution in [0.25, 0.3) is 0 Å². The van der Waals surface area contributed by atoms with Gasteiger partial charge in [-0.25, -0.2) is 0 Å². The lowest BCUT2D eigenvalue weighted by Gasteiger charge is -2.15. The summed E-state index contributed by atoms with van der Waals surface area (Å²) < 4.78 is 0. The zero-order chi connectivity index (χ0) is 17.2. The number of amides is 1. The fraction of sp³-hybridized carbons (Fsp3) is 0.529. The molecule has 0 aromatic heterocycles. The first-order valence-electron chi connectivity index (χ1n) is 7.99. The molecule has 0 fully saturated rings. The van der Waals surface area contributed by atoms with Gasteiger partial charge in [-0.1, -0.05) is 32.3 Å². The fourth-order valence-electron chi connectivity index (χ4n) is 2.21. The van der Waals surface area contributed by atoms with E-state index in [1.807, 2.05) is 6.92 Å². The summed E-state index contributed by atoms with van der Waals surface area (Å²) in [5.41, 5.74) is 1.18. The van der Waals surface area contributed by atoms with E-state index >= 15 is 0 Å². The second-order valence-electron chi connectivity index (χ2n) is 5.68. The SMILES string of the molecule is CCCCCCN[C@H](CC(=O)Nc1cc(C)ccc1O)C(=O)O. The van der Waals surface area contributed by atoms with Crippen molar-refractivity contribution in [1.82, 2.24) is 5.32 Å². The highest BCUT2D eigenvalue weighted by Gasteiger charge is 2.21. The van der Waals surface area contributed by atoms with Crippen LogP contribution in [-0.2, 0) is 9.59 Å². The van der Waals surface area contributed by atoms with Crippen molar-refractivity contribution in [3.63, 3.8) is 0 Å². The number of hydrogen-bond donors (Lipinski definition) is 4. The molecule has 1 rings (SSSR count). The first-order valence-corrected chi connectivity index (χ1v) is 7.99. The van der Waals surface area contributed by atoms with Crippen molar-refractivity contribution in [2.24, 2.45) is 0 Å². The monoisotopic (exact) mass is 322 g/mol. The molecule has 0 saturated heterocycles. The lowest BCUT2D eigenvalue weighted by atomic mass is 10.1. The number of aromatic hydroxyl groups is 1. The van der Waals surface area contributed by atoms with E-state index in [-0.39, 0.29) is 12.2 Å². The molecule has 1 atom stereocenters. The topological polar surface area (TPSA) is 98.7 Å². The van der Waals surface area contributed by atoms with Gasteiger partial charge in [0.25, 0.3) is 0 Å². The highest BCUT2D eigenvalue weighted by Crippen LogP contribution is 2.24. The standard InChI is InChI=1S/C17H26N2O4/c1-3-4-5-6-9-18-14(17(22)23)11-16(21)19-13-10-12(2)7-8-15(13)20/h7-8,10,14,18,20H,3-6,9,11H2,1-2H3,(H,19,21)(H,22,23)/t14-/m1/s1. The summed E-state index contributed by atoms with van der Waals surface area (Å²) in [7, 11) is 0. The number of nitrogens with one attached hydrogen (secondary N) is 2. The first kappa shape index (κ1) is 19.0. The molecule has 0 aliphatic rings. The Balaban J connectivity index is 2.50. The minimum atomic E-state index is -1.05. The maximum absolute atomic E-state index is 12.0. The maximum Gasteiger partial charge on any atom is 0.321 e. The van der Waals surface area contributed by atoms with E-state index in [9.17, 15) is 19.8 Å². The quantitative estimate of drug-likeness (QED) is 0.392. The number of carbonyl (C=O) groups excluding carboxylic acids is 1. The Labute approximate surface area is 136 Å². The van der Waals surface area contributed by atoms with E-state index in [1.165, 1.54) is 6.07 Å². The highest BCUT2D eigenvalue weighted by molar-refractivity contribution is 5.95. The van der Waals surface area contributed by atoms with Crippen molar-refractivity contribution in [2.45, 2.75) is 52.0 Å². The molecule has 0 spiro atoms. The van der Waals surface area contributed by atoms with E-state index in [4.69, 9.17) is 0 Å². The van der Waals surface area contributed by atoms with Crippen LogP contribution in [0, 0.1) is 6.92 Å². The third kappa shape index (κ3) is 7.15.